The minimum absolute atomic E-state index is 0.244. The molecule has 0 unspecified atom stereocenters. The Hall–Kier alpha value is -2.88. The van der Waals surface area contributed by atoms with Crippen LogP contribution in [-0.4, -0.2) is 49.5 Å². The van der Waals surface area contributed by atoms with Crippen molar-refractivity contribution >= 4 is 34.5 Å². The first-order valence-corrected chi connectivity index (χ1v) is 10.5. The summed E-state index contributed by atoms with van der Waals surface area (Å²) < 4.78 is 1.77. The van der Waals surface area contributed by atoms with E-state index < -0.39 is 0 Å². The molecule has 0 aromatic carbocycles. The number of fused-ring (bicyclic) bond motifs is 1. The van der Waals surface area contributed by atoms with Gasteiger partial charge in [0, 0.05) is 25.4 Å². The second kappa shape index (κ2) is 9.55. The first-order valence-electron chi connectivity index (χ1n) is 9.55. The summed E-state index contributed by atoms with van der Waals surface area (Å²) >= 11 is 1.58. The first-order chi connectivity index (χ1) is 14.0. The van der Waals surface area contributed by atoms with Crippen LogP contribution in [0.5, 0.6) is 0 Å². The maximum Gasteiger partial charge on any atom is 0.252 e. The predicted octanol–water partition coefficient (Wildman–Crippen LogP) is 2.12. The molecule has 3 aromatic rings. The van der Waals surface area contributed by atoms with E-state index >= 15 is 0 Å². The van der Waals surface area contributed by atoms with E-state index in [2.05, 4.69) is 51.5 Å². The third-order valence-electron chi connectivity index (χ3n) is 4.08. The topological polar surface area (TPSA) is 118 Å². The van der Waals surface area contributed by atoms with Crippen molar-refractivity contribution in [2.75, 3.05) is 24.2 Å². The van der Waals surface area contributed by atoms with E-state index in [9.17, 15) is 9.59 Å². The van der Waals surface area contributed by atoms with Crippen LogP contribution in [0.2, 0.25) is 0 Å². The molecule has 3 aromatic heterocycles. The number of aromatic nitrogens is 5. The summed E-state index contributed by atoms with van der Waals surface area (Å²) in [6.45, 7) is 7.99. The SMILES string of the molecule is CCSc1nc(NCC(C)C)c2cnn(CCNC(=O)c3ccc(=O)[nH]c3)c2n1. The van der Waals surface area contributed by atoms with Crippen molar-refractivity contribution in [3.63, 3.8) is 0 Å². The van der Waals surface area contributed by atoms with Crippen molar-refractivity contribution in [3.05, 3.63) is 40.4 Å². The van der Waals surface area contributed by atoms with E-state index in [0.717, 1.165) is 29.1 Å². The van der Waals surface area contributed by atoms with E-state index in [4.69, 9.17) is 0 Å². The van der Waals surface area contributed by atoms with E-state index in [0.29, 0.717) is 29.7 Å². The number of nitrogens with zero attached hydrogens (tertiary/aromatic N) is 4. The molecule has 29 heavy (non-hydrogen) atoms. The van der Waals surface area contributed by atoms with Gasteiger partial charge in [0.25, 0.3) is 5.91 Å². The molecule has 0 aliphatic heterocycles. The molecule has 0 saturated heterocycles. The number of hydrogen-bond acceptors (Lipinski definition) is 7. The zero-order chi connectivity index (χ0) is 20.8. The van der Waals surface area contributed by atoms with E-state index in [-0.39, 0.29) is 11.5 Å². The minimum atomic E-state index is -0.256. The number of anilines is 1. The van der Waals surface area contributed by atoms with Gasteiger partial charge in [-0.25, -0.2) is 14.6 Å². The van der Waals surface area contributed by atoms with Gasteiger partial charge in [0.1, 0.15) is 5.82 Å². The zero-order valence-corrected chi connectivity index (χ0v) is 17.5. The van der Waals surface area contributed by atoms with Crippen molar-refractivity contribution in [2.24, 2.45) is 5.92 Å². The van der Waals surface area contributed by atoms with Gasteiger partial charge in [0.05, 0.1) is 23.7 Å². The van der Waals surface area contributed by atoms with Crippen LogP contribution in [0.25, 0.3) is 11.0 Å². The lowest BCUT2D eigenvalue weighted by Gasteiger charge is -2.11. The van der Waals surface area contributed by atoms with Gasteiger partial charge in [-0.3, -0.25) is 9.59 Å². The van der Waals surface area contributed by atoms with Crippen LogP contribution in [0.3, 0.4) is 0 Å². The van der Waals surface area contributed by atoms with Crippen molar-refractivity contribution in [3.8, 4) is 0 Å². The van der Waals surface area contributed by atoms with Gasteiger partial charge in [0.15, 0.2) is 10.8 Å². The number of nitrogens with one attached hydrogen (secondary N) is 3. The lowest BCUT2D eigenvalue weighted by molar-refractivity contribution is 0.0951. The molecule has 0 bridgehead atoms. The number of H-pyrrole nitrogens is 1. The van der Waals surface area contributed by atoms with E-state index in [1.165, 1.54) is 18.3 Å². The molecule has 10 heteroatoms. The second-order valence-corrected chi connectivity index (χ2v) is 8.10. The number of carbonyl (C=O) groups is 1. The summed E-state index contributed by atoms with van der Waals surface area (Å²) in [4.78, 5) is 35.0. The normalized spacial score (nSPS) is 11.2. The van der Waals surface area contributed by atoms with Gasteiger partial charge < -0.3 is 15.6 Å². The highest BCUT2D eigenvalue weighted by molar-refractivity contribution is 7.99. The Morgan fingerprint density at radius 3 is 2.83 bits per heavy atom. The summed E-state index contributed by atoms with van der Waals surface area (Å²) in [5.74, 6) is 1.89. The molecule has 9 nitrogen and oxygen atoms in total. The van der Waals surface area contributed by atoms with E-state index in [1.54, 1.807) is 22.6 Å². The molecule has 3 rings (SSSR count). The Bertz CT molecular complexity index is 1020. The molecular formula is C19H25N7O2S. The molecule has 154 valence electrons. The van der Waals surface area contributed by atoms with Gasteiger partial charge in [-0.05, 0) is 17.7 Å². The number of thioether (sulfide) groups is 1. The number of pyridine rings is 1. The Morgan fingerprint density at radius 2 is 2.14 bits per heavy atom. The van der Waals surface area contributed by atoms with Gasteiger partial charge in [0.2, 0.25) is 5.56 Å². The molecule has 0 aliphatic carbocycles. The molecule has 0 aliphatic rings. The largest absolute Gasteiger partial charge is 0.369 e. The highest BCUT2D eigenvalue weighted by Gasteiger charge is 2.14. The Kier molecular flexibility index (Phi) is 6.86. The lowest BCUT2D eigenvalue weighted by atomic mass is 10.2. The first kappa shape index (κ1) is 20.8. The maximum absolute atomic E-state index is 12.2. The lowest BCUT2D eigenvalue weighted by Crippen LogP contribution is -2.28. The third-order valence-corrected chi connectivity index (χ3v) is 4.81. The smallest absolute Gasteiger partial charge is 0.252 e. The summed E-state index contributed by atoms with van der Waals surface area (Å²) in [5.41, 5.74) is 0.895. The van der Waals surface area contributed by atoms with Crippen LogP contribution < -0.4 is 16.2 Å². The molecule has 0 fully saturated rings. The van der Waals surface area contributed by atoms with Crippen LogP contribution >= 0.6 is 11.8 Å². The quantitative estimate of drug-likeness (QED) is 0.362. The summed E-state index contributed by atoms with van der Waals surface area (Å²) in [6.07, 6.45) is 3.15. The Labute approximate surface area is 172 Å². The van der Waals surface area contributed by atoms with Gasteiger partial charge in [-0.1, -0.05) is 32.5 Å². The fourth-order valence-corrected chi connectivity index (χ4v) is 3.22. The molecular weight excluding hydrogens is 390 g/mol. The number of carbonyl (C=O) groups excluding carboxylic acids is 1. The summed E-state index contributed by atoms with van der Waals surface area (Å²) in [5, 5.41) is 12.2. The van der Waals surface area contributed by atoms with Crippen molar-refractivity contribution < 1.29 is 4.79 Å². The molecule has 0 atom stereocenters. The second-order valence-electron chi connectivity index (χ2n) is 6.87. The van der Waals surface area contributed by atoms with Crippen LogP contribution in [-0.2, 0) is 6.54 Å². The Morgan fingerprint density at radius 1 is 1.31 bits per heavy atom. The predicted molar refractivity (Wildman–Crippen MR) is 114 cm³/mol. The van der Waals surface area contributed by atoms with Crippen LogP contribution in [0.15, 0.2) is 34.5 Å². The molecule has 0 radical (unpaired) electrons. The monoisotopic (exact) mass is 415 g/mol. The number of amides is 1. The van der Waals surface area contributed by atoms with Crippen LogP contribution in [0.1, 0.15) is 31.1 Å². The van der Waals surface area contributed by atoms with Gasteiger partial charge >= 0.3 is 0 Å². The fraction of sp³-hybridized carbons (Fsp3) is 0.421. The van der Waals surface area contributed by atoms with E-state index in [1.807, 2.05) is 0 Å². The van der Waals surface area contributed by atoms with Crippen LogP contribution in [0.4, 0.5) is 5.82 Å². The zero-order valence-electron chi connectivity index (χ0n) is 16.7. The minimum Gasteiger partial charge on any atom is -0.369 e. The average molecular weight is 416 g/mol. The fourth-order valence-electron chi connectivity index (χ4n) is 2.66. The molecule has 0 saturated carbocycles. The number of hydrogen-bond donors (Lipinski definition) is 3. The van der Waals surface area contributed by atoms with Crippen molar-refractivity contribution in [2.45, 2.75) is 32.5 Å². The van der Waals surface area contributed by atoms with Gasteiger partial charge in [-0.2, -0.15) is 5.10 Å². The summed E-state index contributed by atoms with van der Waals surface area (Å²) in [6, 6.07) is 2.82. The Balaban J connectivity index is 1.74. The molecule has 1 amide bonds. The highest BCUT2D eigenvalue weighted by Crippen LogP contribution is 2.24. The molecule has 0 spiro atoms. The van der Waals surface area contributed by atoms with Crippen LogP contribution in [0, 0.1) is 5.92 Å². The highest BCUT2D eigenvalue weighted by atomic mass is 32.2. The standard InChI is InChI=1S/C19H25N7O2S/c1-4-29-19-24-16(22-9-12(2)3)14-11-23-26(17(14)25-19)8-7-20-18(28)13-5-6-15(27)21-10-13/h5-6,10-12H,4,7-9H2,1-3H3,(H,20,28)(H,21,27)(H,22,24,25). The van der Waals surface area contributed by atoms with Crippen molar-refractivity contribution in [1.82, 2.24) is 30.0 Å². The molecule has 3 heterocycles. The summed E-state index contributed by atoms with van der Waals surface area (Å²) in [7, 11) is 0. The maximum atomic E-state index is 12.2. The number of aromatic amines is 1. The third kappa shape index (κ3) is 5.35. The average Bonchev–Trinajstić information content (AvgIpc) is 3.10. The van der Waals surface area contributed by atoms with Crippen molar-refractivity contribution in [1.29, 1.82) is 0 Å². The van der Waals surface area contributed by atoms with Gasteiger partial charge in [-0.15, -0.1) is 0 Å². The molecule has 3 N–H and O–H groups in total. The number of rotatable bonds is 9.